The number of fused-ring (bicyclic) bond motifs is 1. The minimum absolute atomic E-state index is 0.340. The van der Waals surface area contributed by atoms with Gasteiger partial charge in [0.15, 0.2) is 5.58 Å². The molecule has 0 aliphatic carbocycles. The Balaban J connectivity index is 2.12. The van der Waals surface area contributed by atoms with Crippen LogP contribution in [-0.4, -0.2) is 18.3 Å². The second-order valence-electron chi connectivity index (χ2n) is 4.40. The minimum Gasteiger partial charge on any atom is -0.491 e. The van der Waals surface area contributed by atoms with Crippen LogP contribution in [0.25, 0.3) is 22.2 Å². The number of nitrogens with zero attached hydrogens (tertiary/aromatic N) is 1. The summed E-state index contributed by atoms with van der Waals surface area (Å²) in [7, 11) is 0. The van der Waals surface area contributed by atoms with Crippen LogP contribution in [0, 0.1) is 5.82 Å². The van der Waals surface area contributed by atoms with E-state index in [4.69, 9.17) is 15.0 Å². The van der Waals surface area contributed by atoms with Gasteiger partial charge < -0.3 is 15.0 Å². The standard InChI is InChI=1S/C15H12BrFN2O2/c16-13-12(20-8-7-18)6-5-10-14(19-21-15(10)13)9-3-1-2-4-11(9)17/h1-6H,7-8,18H2. The van der Waals surface area contributed by atoms with Gasteiger partial charge >= 0.3 is 0 Å². The Bertz CT molecular complexity index is 788. The number of rotatable bonds is 4. The lowest BCUT2D eigenvalue weighted by Gasteiger charge is -2.06. The predicted molar refractivity (Wildman–Crippen MR) is 81.7 cm³/mol. The van der Waals surface area contributed by atoms with Gasteiger partial charge in [0.2, 0.25) is 0 Å². The number of ether oxygens (including phenoxy) is 1. The molecule has 1 heterocycles. The van der Waals surface area contributed by atoms with E-state index in [1.807, 2.05) is 0 Å². The van der Waals surface area contributed by atoms with Gasteiger partial charge in [0.1, 0.15) is 28.3 Å². The number of nitrogens with two attached hydrogens (primary N) is 1. The quantitative estimate of drug-likeness (QED) is 0.778. The molecule has 0 saturated carbocycles. The molecule has 1 aromatic heterocycles. The van der Waals surface area contributed by atoms with Gasteiger partial charge in [0.05, 0.1) is 5.39 Å². The predicted octanol–water partition coefficient (Wildman–Crippen LogP) is 3.73. The maximum Gasteiger partial charge on any atom is 0.185 e. The smallest absolute Gasteiger partial charge is 0.185 e. The fourth-order valence-corrected chi connectivity index (χ4v) is 2.61. The second kappa shape index (κ2) is 5.83. The summed E-state index contributed by atoms with van der Waals surface area (Å²) in [6.07, 6.45) is 0. The first-order chi connectivity index (χ1) is 10.2. The number of hydrogen-bond donors (Lipinski definition) is 1. The van der Waals surface area contributed by atoms with Gasteiger partial charge in [0, 0.05) is 12.1 Å². The van der Waals surface area contributed by atoms with Crippen LogP contribution < -0.4 is 10.5 Å². The van der Waals surface area contributed by atoms with E-state index in [1.165, 1.54) is 6.07 Å². The van der Waals surface area contributed by atoms with Crippen LogP contribution in [0.5, 0.6) is 5.75 Å². The molecule has 0 amide bonds. The first-order valence-electron chi connectivity index (χ1n) is 6.38. The minimum atomic E-state index is -0.340. The Morgan fingerprint density at radius 1 is 1.24 bits per heavy atom. The van der Waals surface area contributed by atoms with Crippen LogP contribution in [0.3, 0.4) is 0 Å². The topological polar surface area (TPSA) is 61.3 Å². The number of halogens is 2. The lowest BCUT2D eigenvalue weighted by atomic mass is 10.1. The molecule has 0 aliphatic heterocycles. The van der Waals surface area contributed by atoms with Crippen LogP contribution in [0.4, 0.5) is 4.39 Å². The monoisotopic (exact) mass is 350 g/mol. The molecular weight excluding hydrogens is 339 g/mol. The van der Waals surface area contributed by atoms with Crippen LogP contribution in [-0.2, 0) is 0 Å². The van der Waals surface area contributed by atoms with Crippen LogP contribution in [0.1, 0.15) is 0 Å². The van der Waals surface area contributed by atoms with Crippen molar-refractivity contribution in [2.75, 3.05) is 13.2 Å². The van der Waals surface area contributed by atoms with E-state index in [2.05, 4.69) is 21.1 Å². The summed E-state index contributed by atoms with van der Waals surface area (Å²) in [6, 6.07) is 10.0. The molecule has 3 rings (SSSR count). The summed E-state index contributed by atoms with van der Waals surface area (Å²) < 4.78 is 25.4. The highest BCUT2D eigenvalue weighted by Crippen LogP contribution is 2.38. The Morgan fingerprint density at radius 3 is 2.81 bits per heavy atom. The summed E-state index contributed by atoms with van der Waals surface area (Å²) in [6.45, 7) is 0.819. The fourth-order valence-electron chi connectivity index (χ4n) is 2.08. The zero-order valence-electron chi connectivity index (χ0n) is 11.0. The lowest BCUT2D eigenvalue weighted by Crippen LogP contribution is -2.10. The Morgan fingerprint density at radius 2 is 2.05 bits per heavy atom. The normalized spacial score (nSPS) is 11.0. The average Bonchev–Trinajstić information content (AvgIpc) is 2.92. The molecule has 0 fully saturated rings. The summed E-state index contributed by atoms with van der Waals surface area (Å²) in [4.78, 5) is 0. The third-order valence-corrected chi connectivity index (χ3v) is 3.80. The molecule has 0 aliphatic rings. The first-order valence-corrected chi connectivity index (χ1v) is 7.17. The van der Waals surface area contributed by atoms with Crippen molar-refractivity contribution in [2.24, 2.45) is 5.73 Å². The lowest BCUT2D eigenvalue weighted by molar-refractivity contribution is 0.326. The average molecular weight is 351 g/mol. The third-order valence-electron chi connectivity index (χ3n) is 3.05. The molecule has 0 unspecified atom stereocenters. The largest absolute Gasteiger partial charge is 0.491 e. The van der Waals surface area contributed by atoms with Crippen molar-refractivity contribution in [1.82, 2.24) is 5.16 Å². The summed E-state index contributed by atoms with van der Waals surface area (Å²) in [5, 5.41) is 4.70. The zero-order valence-corrected chi connectivity index (χ0v) is 12.6. The van der Waals surface area contributed by atoms with E-state index in [0.717, 1.165) is 0 Å². The van der Waals surface area contributed by atoms with E-state index in [0.29, 0.717) is 45.6 Å². The van der Waals surface area contributed by atoms with E-state index in [-0.39, 0.29) is 5.82 Å². The number of hydrogen-bond acceptors (Lipinski definition) is 4. The van der Waals surface area contributed by atoms with Gasteiger partial charge in [-0.25, -0.2) is 4.39 Å². The van der Waals surface area contributed by atoms with E-state index < -0.39 is 0 Å². The van der Waals surface area contributed by atoms with Gasteiger partial charge in [-0.3, -0.25) is 0 Å². The number of benzene rings is 2. The van der Waals surface area contributed by atoms with Gasteiger partial charge in [-0.05, 0) is 40.2 Å². The summed E-state index contributed by atoms with van der Waals surface area (Å²) in [5.41, 5.74) is 6.80. The Kier molecular flexibility index (Phi) is 3.90. The third kappa shape index (κ3) is 2.52. The highest BCUT2D eigenvalue weighted by Gasteiger charge is 2.18. The molecule has 0 radical (unpaired) electrons. The maximum absolute atomic E-state index is 13.9. The number of aromatic nitrogens is 1. The van der Waals surface area contributed by atoms with Crippen LogP contribution in [0.15, 0.2) is 45.4 Å². The van der Waals surface area contributed by atoms with Gasteiger partial charge in [0.25, 0.3) is 0 Å². The molecule has 2 aromatic carbocycles. The van der Waals surface area contributed by atoms with Crippen molar-refractivity contribution in [3.8, 4) is 17.0 Å². The van der Waals surface area contributed by atoms with Crippen LogP contribution in [0.2, 0.25) is 0 Å². The van der Waals surface area contributed by atoms with Crippen molar-refractivity contribution in [2.45, 2.75) is 0 Å². The zero-order chi connectivity index (χ0) is 14.8. The van der Waals surface area contributed by atoms with E-state index in [1.54, 1.807) is 30.3 Å². The van der Waals surface area contributed by atoms with Crippen molar-refractivity contribution < 1.29 is 13.7 Å². The van der Waals surface area contributed by atoms with Gasteiger partial charge in [-0.2, -0.15) is 0 Å². The van der Waals surface area contributed by atoms with Crippen LogP contribution >= 0.6 is 15.9 Å². The van der Waals surface area contributed by atoms with Crippen molar-refractivity contribution in [3.63, 3.8) is 0 Å². The Hall–Kier alpha value is -1.92. The molecule has 108 valence electrons. The molecule has 21 heavy (non-hydrogen) atoms. The Labute approximate surface area is 128 Å². The fraction of sp³-hybridized carbons (Fsp3) is 0.133. The summed E-state index contributed by atoms with van der Waals surface area (Å²) >= 11 is 3.42. The highest BCUT2D eigenvalue weighted by molar-refractivity contribution is 9.10. The molecule has 4 nitrogen and oxygen atoms in total. The van der Waals surface area contributed by atoms with E-state index >= 15 is 0 Å². The molecule has 6 heteroatoms. The van der Waals surface area contributed by atoms with Crippen molar-refractivity contribution in [3.05, 3.63) is 46.7 Å². The molecule has 0 atom stereocenters. The van der Waals surface area contributed by atoms with Crippen molar-refractivity contribution >= 4 is 26.9 Å². The van der Waals surface area contributed by atoms with Gasteiger partial charge in [-0.1, -0.05) is 17.3 Å². The summed E-state index contributed by atoms with van der Waals surface area (Å²) in [5.74, 6) is 0.275. The maximum atomic E-state index is 13.9. The SMILES string of the molecule is NCCOc1ccc2c(-c3ccccc3F)noc2c1Br. The highest BCUT2D eigenvalue weighted by atomic mass is 79.9. The molecular formula is C15H12BrFN2O2. The molecule has 0 bridgehead atoms. The molecule has 2 N–H and O–H groups in total. The first kappa shape index (κ1) is 14.0. The second-order valence-corrected chi connectivity index (χ2v) is 5.20. The van der Waals surface area contributed by atoms with E-state index in [9.17, 15) is 4.39 Å². The van der Waals surface area contributed by atoms with Crippen molar-refractivity contribution in [1.29, 1.82) is 0 Å². The molecule has 0 spiro atoms. The molecule has 0 saturated heterocycles. The van der Waals surface area contributed by atoms with Gasteiger partial charge in [-0.15, -0.1) is 0 Å². The molecule has 3 aromatic rings.